The molecule has 2 heteroatoms. The molecule has 0 saturated heterocycles. The SMILES string of the molecule is CC1=C/C(=N/N=C2/C=C(C)CC(C)(C)C2)CC(C)(C)C1. The van der Waals surface area contributed by atoms with E-state index in [1.54, 1.807) is 0 Å². The van der Waals surface area contributed by atoms with Gasteiger partial charge in [0.2, 0.25) is 0 Å². The van der Waals surface area contributed by atoms with Gasteiger partial charge >= 0.3 is 0 Å². The molecule has 0 bridgehead atoms. The van der Waals surface area contributed by atoms with Gasteiger partial charge in [-0.1, -0.05) is 38.8 Å². The number of hydrogen-bond donors (Lipinski definition) is 0. The van der Waals surface area contributed by atoms with Crippen molar-refractivity contribution in [2.45, 2.75) is 67.2 Å². The van der Waals surface area contributed by atoms with Crippen LogP contribution in [0.3, 0.4) is 0 Å². The molecule has 0 radical (unpaired) electrons. The predicted molar refractivity (Wildman–Crippen MR) is 88.4 cm³/mol. The number of hydrogen-bond acceptors (Lipinski definition) is 2. The summed E-state index contributed by atoms with van der Waals surface area (Å²) >= 11 is 0. The number of nitrogens with zero attached hydrogens (tertiary/aromatic N) is 2. The molecule has 0 heterocycles. The molecule has 2 aliphatic carbocycles. The van der Waals surface area contributed by atoms with Crippen molar-refractivity contribution in [3.8, 4) is 0 Å². The van der Waals surface area contributed by atoms with E-state index in [1.165, 1.54) is 11.1 Å². The molecule has 0 saturated carbocycles. The first-order valence-electron chi connectivity index (χ1n) is 7.63. The molecule has 0 amide bonds. The van der Waals surface area contributed by atoms with Crippen LogP contribution in [0.25, 0.3) is 0 Å². The standard InChI is InChI=1S/C18H28N2/c1-13-7-15(11-17(3,4)9-13)19-20-16-8-14(2)10-18(5,6)12-16/h7-8H,9-12H2,1-6H3/b19-15-,20-16-. The molecule has 2 nitrogen and oxygen atoms in total. The van der Waals surface area contributed by atoms with Crippen LogP contribution in [0.5, 0.6) is 0 Å². The van der Waals surface area contributed by atoms with Crippen LogP contribution in [0.15, 0.2) is 33.5 Å². The third-order valence-electron chi connectivity index (χ3n) is 3.97. The zero-order chi connectivity index (χ0) is 15.0. The van der Waals surface area contributed by atoms with Crippen molar-refractivity contribution >= 4 is 11.4 Å². The predicted octanol–water partition coefficient (Wildman–Crippen LogP) is 5.32. The van der Waals surface area contributed by atoms with E-state index in [4.69, 9.17) is 0 Å². The van der Waals surface area contributed by atoms with Gasteiger partial charge < -0.3 is 0 Å². The summed E-state index contributed by atoms with van der Waals surface area (Å²) < 4.78 is 0. The van der Waals surface area contributed by atoms with E-state index >= 15 is 0 Å². The highest BCUT2D eigenvalue weighted by molar-refractivity contribution is 6.00. The van der Waals surface area contributed by atoms with Crippen molar-refractivity contribution in [3.63, 3.8) is 0 Å². The highest BCUT2D eigenvalue weighted by Gasteiger charge is 2.26. The van der Waals surface area contributed by atoms with Crippen molar-refractivity contribution in [2.24, 2.45) is 21.0 Å². The Bertz CT molecular complexity index is 466. The van der Waals surface area contributed by atoms with Gasteiger partial charge in [-0.25, -0.2) is 0 Å². The zero-order valence-electron chi connectivity index (χ0n) is 13.9. The van der Waals surface area contributed by atoms with Crippen LogP contribution >= 0.6 is 0 Å². The quantitative estimate of drug-likeness (QED) is 0.577. The number of allylic oxidation sites excluding steroid dienone is 4. The molecular weight excluding hydrogens is 244 g/mol. The van der Waals surface area contributed by atoms with E-state index in [1.807, 2.05) is 0 Å². The first-order valence-corrected chi connectivity index (χ1v) is 7.63. The minimum Gasteiger partial charge on any atom is -0.155 e. The topological polar surface area (TPSA) is 24.7 Å². The summed E-state index contributed by atoms with van der Waals surface area (Å²) in [5.74, 6) is 0. The Morgan fingerprint density at radius 2 is 1.05 bits per heavy atom. The lowest BCUT2D eigenvalue weighted by atomic mass is 9.77. The smallest absolute Gasteiger partial charge is 0.0635 e. The normalized spacial score (nSPS) is 29.3. The van der Waals surface area contributed by atoms with Gasteiger partial charge in [0.05, 0.1) is 11.4 Å². The molecule has 2 aliphatic rings. The third-order valence-corrected chi connectivity index (χ3v) is 3.97. The van der Waals surface area contributed by atoms with Gasteiger partial charge in [0, 0.05) is 0 Å². The van der Waals surface area contributed by atoms with Gasteiger partial charge in [-0.3, -0.25) is 0 Å². The summed E-state index contributed by atoms with van der Waals surface area (Å²) in [4.78, 5) is 0. The average Bonchev–Trinajstić information content (AvgIpc) is 2.20. The van der Waals surface area contributed by atoms with Gasteiger partial charge in [0.1, 0.15) is 0 Å². The van der Waals surface area contributed by atoms with Crippen molar-refractivity contribution in [1.82, 2.24) is 0 Å². The highest BCUT2D eigenvalue weighted by Crippen LogP contribution is 2.35. The zero-order valence-corrected chi connectivity index (χ0v) is 13.9. The Morgan fingerprint density at radius 1 is 0.700 bits per heavy atom. The van der Waals surface area contributed by atoms with E-state index in [0.717, 1.165) is 37.1 Å². The molecule has 110 valence electrons. The van der Waals surface area contributed by atoms with Crippen LogP contribution in [0.4, 0.5) is 0 Å². The van der Waals surface area contributed by atoms with Crippen molar-refractivity contribution < 1.29 is 0 Å². The van der Waals surface area contributed by atoms with Crippen LogP contribution in [0.2, 0.25) is 0 Å². The van der Waals surface area contributed by atoms with E-state index < -0.39 is 0 Å². The molecule has 2 rings (SSSR count). The second-order valence-electron chi connectivity index (χ2n) is 8.20. The van der Waals surface area contributed by atoms with Gasteiger partial charge in [0.25, 0.3) is 0 Å². The lowest BCUT2D eigenvalue weighted by molar-refractivity contribution is 0.371. The lowest BCUT2D eigenvalue weighted by Gasteiger charge is -2.30. The van der Waals surface area contributed by atoms with Crippen molar-refractivity contribution in [2.75, 3.05) is 0 Å². The van der Waals surface area contributed by atoms with Crippen LogP contribution < -0.4 is 0 Å². The van der Waals surface area contributed by atoms with Crippen LogP contribution in [-0.2, 0) is 0 Å². The molecule has 0 fully saturated rings. The molecule has 0 aliphatic heterocycles. The third kappa shape index (κ3) is 4.16. The summed E-state index contributed by atoms with van der Waals surface area (Å²) in [6.45, 7) is 13.6. The second kappa shape index (κ2) is 5.31. The van der Waals surface area contributed by atoms with E-state index in [0.29, 0.717) is 10.8 Å². The highest BCUT2D eigenvalue weighted by atomic mass is 15.2. The second-order valence-corrected chi connectivity index (χ2v) is 8.20. The van der Waals surface area contributed by atoms with Gasteiger partial charge in [-0.2, -0.15) is 10.2 Å². The van der Waals surface area contributed by atoms with Crippen molar-refractivity contribution in [3.05, 3.63) is 23.3 Å². The molecule has 0 N–H and O–H groups in total. The summed E-state index contributed by atoms with van der Waals surface area (Å²) in [7, 11) is 0. The Labute approximate surface area is 123 Å². The first-order chi connectivity index (χ1) is 9.15. The molecule has 0 unspecified atom stereocenters. The summed E-state index contributed by atoms with van der Waals surface area (Å²) in [5, 5.41) is 9.07. The molecule has 0 spiro atoms. The summed E-state index contributed by atoms with van der Waals surface area (Å²) in [6, 6.07) is 0. The molecule has 0 atom stereocenters. The fourth-order valence-electron chi connectivity index (χ4n) is 3.65. The molecule has 20 heavy (non-hydrogen) atoms. The monoisotopic (exact) mass is 272 g/mol. The van der Waals surface area contributed by atoms with Gasteiger partial charge in [0.15, 0.2) is 0 Å². The maximum Gasteiger partial charge on any atom is 0.0635 e. The van der Waals surface area contributed by atoms with Gasteiger partial charge in [-0.05, 0) is 62.5 Å². The Morgan fingerprint density at radius 3 is 1.35 bits per heavy atom. The maximum atomic E-state index is 4.54. The molecule has 0 aromatic rings. The van der Waals surface area contributed by atoms with Crippen LogP contribution in [-0.4, -0.2) is 11.4 Å². The summed E-state index contributed by atoms with van der Waals surface area (Å²) in [6.07, 6.45) is 8.78. The van der Waals surface area contributed by atoms with E-state index in [2.05, 4.69) is 63.9 Å². The van der Waals surface area contributed by atoms with Gasteiger partial charge in [-0.15, -0.1) is 0 Å². The van der Waals surface area contributed by atoms with Crippen LogP contribution in [0.1, 0.15) is 67.2 Å². The first kappa shape index (κ1) is 15.2. The average molecular weight is 272 g/mol. The fraction of sp³-hybridized carbons (Fsp3) is 0.667. The largest absolute Gasteiger partial charge is 0.155 e. The fourth-order valence-corrected chi connectivity index (χ4v) is 3.65. The lowest BCUT2D eigenvalue weighted by Crippen LogP contribution is -2.22. The molecule has 0 aromatic carbocycles. The van der Waals surface area contributed by atoms with E-state index in [-0.39, 0.29) is 0 Å². The summed E-state index contributed by atoms with van der Waals surface area (Å²) in [5.41, 5.74) is 5.71. The minimum absolute atomic E-state index is 0.315. The Hall–Kier alpha value is -1.18. The Kier molecular flexibility index (Phi) is 4.04. The van der Waals surface area contributed by atoms with Crippen molar-refractivity contribution in [1.29, 1.82) is 0 Å². The number of rotatable bonds is 1. The Balaban J connectivity index is 2.22. The van der Waals surface area contributed by atoms with Crippen LogP contribution in [0, 0.1) is 10.8 Å². The molecular formula is C18H28N2. The molecule has 0 aromatic heterocycles. The minimum atomic E-state index is 0.315. The van der Waals surface area contributed by atoms with E-state index in [9.17, 15) is 0 Å². The maximum absolute atomic E-state index is 4.54.